The Morgan fingerprint density at radius 2 is 1.86 bits per heavy atom. The molecular weight excluding hydrogens is 280 g/mol. The fourth-order valence-corrected chi connectivity index (χ4v) is 2.81. The monoisotopic (exact) mass is 300 g/mol. The maximum atomic E-state index is 12.0. The molecule has 1 saturated heterocycles. The van der Waals surface area contributed by atoms with Gasteiger partial charge in [-0.2, -0.15) is 4.68 Å². The van der Waals surface area contributed by atoms with Crippen LogP contribution in [0.1, 0.15) is 12.8 Å². The Morgan fingerprint density at radius 1 is 1.18 bits per heavy atom. The summed E-state index contributed by atoms with van der Waals surface area (Å²) < 4.78 is 1.74. The van der Waals surface area contributed by atoms with Crippen molar-refractivity contribution < 1.29 is 4.79 Å². The Labute approximate surface area is 129 Å². The van der Waals surface area contributed by atoms with Crippen molar-refractivity contribution >= 4 is 11.9 Å². The fourth-order valence-electron chi connectivity index (χ4n) is 2.81. The van der Waals surface area contributed by atoms with Gasteiger partial charge in [0.15, 0.2) is 0 Å². The third kappa shape index (κ3) is 2.79. The molecule has 7 heteroatoms. The van der Waals surface area contributed by atoms with Crippen molar-refractivity contribution in [2.75, 3.05) is 32.1 Å². The molecule has 0 radical (unpaired) electrons. The molecule has 116 valence electrons. The van der Waals surface area contributed by atoms with Crippen LogP contribution < -0.4 is 4.90 Å². The third-order valence-electron chi connectivity index (χ3n) is 4.02. The predicted octanol–water partition coefficient (Wildman–Crippen LogP) is 0.967. The molecule has 7 nitrogen and oxygen atoms in total. The fraction of sp³-hybridized carbons (Fsp3) is 0.467. The zero-order chi connectivity index (χ0) is 15.5. The number of hydrogen-bond donors (Lipinski definition) is 0. The van der Waals surface area contributed by atoms with Crippen molar-refractivity contribution in [2.45, 2.75) is 12.8 Å². The zero-order valence-electron chi connectivity index (χ0n) is 12.9. The summed E-state index contributed by atoms with van der Waals surface area (Å²) in [6, 6.07) is 9.84. The molecule has 1 aliphatic rings. The normalized spacial score (nSPS) is 15.8. The molecule has 1 amide bonds. The van der Waals surface area contributed by atoms with Crippen LogP contribution in [0.5, 0.6) is 0 Å². The summed E-state index contributed by atoms with van der Waals surface area (Å²) in [7, 11) is 3.62. The molecule has 0 N–H and O–H groups in total. The first-order valence-corrected chi connectivity index (χ1v) is 7.46. The number of benzene rings is 1. The summed E-state index contributed by atoms with van der Waals surface area (Å²) >= 11 is 0. The minimum atomic E-state index is 0.104. The lowest BCUT2D eigenvalue weighted by Gasteiger charge is -2.32. The van der Waals surface area contributed by atoms with E-state index >= 15 is 0 Å². The number of anilines is 1. The molecule has 1 fully saturated rings. The number of hydrogen-bond acceptors (Lipinski definition) is 5. The van der Waals surface area contributed by atoms with Crippen LogP contribution in [0.25, 0.3) is 5.69 Å². The van der Waals surface area contributed by atoms with E-state index in [0.717, 1.165) is 37.6 Å². The van der Waals surface area contributed by atoms with E-state index < -0.39 is 0 Å². The van der Waals surface area contributed by atoms with Crippen molar-refractivity contribution in [3.63, 3.8) is 0 Å². The maximum Gasteiger partial charge on any atom is 0.250 e. The lowest BCUT2D eigenvalue weighted by atomic mass is 9.96. The lowest BCUT2D eigenvalue weighted by Crippen LogP contribution is -2.41. The van der Waals surface area contributed by atoms with Crippen molar-refractivity contribution in [3.05, 3.63) is 30.3 Å². The topological polar surface area (TPSA) is 67.2 Å². The van der Waals surface area contributed by atoms with Crippen LogP contribution in [-0.2, 0) is 4.79 Å². The highest BCUT2D eigenvalue weighted by Gasteiger charge is 2.28. The minimum absolute atomic E-state index is 0.104. The van der Waals surface area contributed by atoms with Crippen LogP contribution in [0.4, 0.5) is 5.95 Å². The average Bonchev–Trinajstić information content (AvgIpc) is 3.04. The van der Waals surface area contributed by atoms with Gasteiger partial charge in [0.2, 0.25) is 11.9 Å². The lowest BCUT2D eigenvalue weighted by molar-refractivity contribution is -0.133. The number of rotatable bonds is 3. The number of carbonyl (C=O) groups is 1. The van der Waals surface area contributed by atoms with E-state index in [1.165, 1.54) is 0 Å². The molecule has 1 aliphatic heterocycles. The summed E-state index contributed by atoms with van der Waals surface area (Å²) in [6.45, 7) is 1.58. The summed E-state index contributed by atoms with van der Waals surface area (Å²) in [5.41, 5.74) is 0.939. The summed E-state index contributed by atoms with van der Waals surface area (Å²) in [4.78, 5) is 15.9. The molecule has 0 saturated carbocycles. The molecule has 0 atom stereocenters. The van der Waals surface area contributed by atoms with Gasteiger partial charge < -0.3 is 9.80 Å². The van der Waals surface area contributed by atoms with E-state index in [4.69, 9.17) is 0 Å². The van der Waals surface area contributed by atoms with Gasteiger partial charge in [0.1, 0.15) is 0 Å². The molecule has 1 aromatic carbocycles. The van der Waals surface area contributed by atoms with E-state index in [9.17, 15) is 4.79 Å². The number of para-hydroxylation sites is 1. The molecular formula is C15H20N6O. The van der Waals surface area contributed by atoms with Crippen LogP contribution in [-0.4, -0.2) is 58.2 Å². The SMILES string of the molecule is CN(C)C(=O)C1CCN(c2nnnn2-c2ccccc2)CC1. The van der Waals surface area contributed by atoms with Crippen molar-refractivity contribution in [1.29, 1.82) is 0 Å². The van der Waals surface area contributed by atoms with Gasteiger partial charge in [-0.05, 0) is 35.4 Å². The highest BCUT2D eigenvalue weighted by Crippen LogP contribution is 2.23. The van der Waals surface area contributed by atoms with Crippen LogP contribution in [0.3, 0.4) is 0 Å². The second-order valence-corrected chi connectivity index (χ2v) is 5.72. The quantitative estimate of drug-likeness (QED) is 0.845. The Kier molecular flexibility index (Phi) is 4.04. The number of tetrazole rings is 1. The van der Waals surface area contributed by atoms with Crippen molar-refractivity contribution in [1.82, 2.24) is 25.1 Å². The Hall–Kier alpha value is -2.44. The molecule has 0 unspecified atom stereocenters. The Balaban J connectivity index is 1.73. The van der Waals surface area contributed by atoms with Crippen LogP contribution in [0.15, 0.2) is 30.3 Å². The number of amides is 1. The first kappa shape index (κ1) is 14.5. The molecule has 3 rings (SSSR count). The van der Waals surface area contributed by atoms with Gasteiger partial charge in [-0.25, -0.2) is 0 Å². The molecule has 0 bridgehead atoms. The van der Waals surface area contributed by atoms with Gasteiger partial charge in [-0.15, -0.1) is 0 Å². The minimum Gasteiger partial charge on any atom is -0.349 e. The second-order valence-electron chi connectivity index (χ2n) is 5.72. The molecule has 1 aromatic heterocycles. The number of aromatic nitrogens is 4. The standard InChI is InChI=1S/C15H20N6O/c1-19(2)14(22)12-8-10-20(11-9-12)15-16-17-18-21(15)13-6-4-3-5-7-13/h3-7,12H,8-11H2,1-2H3. The van der Waals surface area contributed by atoms with Gasteiger partial charge in [-0.1, -0.05) is 23.3 Å². The summed E-state index contributed by atoms with van der Waals surface area (Å²) in [6.07, 6.45) is 1.66. The smallest absolute Gasteiger partial charge is 0.250 e. The molecule has 0 spiro atoms. The molecule has 2 aromatic rings. The first-order chi connectivity index (χ1) is 10.7. The largest absolute Gasteiger partial charge is 0.349 e. The summed E-state index contributed by atoms with van der Waals surface area (Å²) in [5.74, 6) is 1.05. The van der Waals surface area contributed by atoms with Gasteiger partial charge >= 0.3 is 0 Å². The van der Waals surface area contributed by atoms with E-state index in [-0.39, 0.29) is 11.8 Å². The highest BCUT2D eigenvalue weighted by atomic mass is 16.2. The maximum absolute atomic E-state index is 12.0. The summed E-state index contributed by atoms with van der Waals surface area (Å²) in [5, 5.41) is 12.0. The van der Waals surface area contributed by atoms with Crippen LogP contribution in [0, 0.1) is 5.92 Å². The van der Waals surface area contributed by atoms with E-state index in [0.29, 0.717) is 0 Å². The predicted molar refractivity (Wildman–Crippen MR) is 82.8 cm³/mol. The molecule has 22 heavy (non-hydrogen) atoms. The van der Waals surface area contributed by atoms with E-state index in [1.807, 2.05) is 44.4 Å². The third-order valence-corrected chi connectivity index (χ3v) is 4.02. The van der Waals surface area contributed by atoms with Crippen LogP contribution in [0.2, 0.25) is 0 Å². The van der Waals surface area contributed by atoms with Gasteiger partial charge in [0.05, 0.1) is 5.69 Å². The molecule has 2 heterocycles. The Bertz CT molecular complexity index is 630. The van der Waals surface area contributed by atoms with Gasteiger partial charge in [0.25, 0.3) is 0 Å². The second kappa shape index (κ2) is 6.13. The average molecular weight is 300 g/mol. The van der Waals surface area contributed by atoms with E-state index in [1.54, 1.807) is 9.58 Å². The number of nitrogens with zero attached hydrogens (tertiary/aromatic N) is 6. The first-order valence-electron chi connectivity index (χ1n) is 7.46. The number of piperidine rings is 1. The van der Waals surface area contributed by atoms with Crippen LogP contribution >= 0.6 is 0 Å². The van der Waals surface area contributed by atoms with Crippen molar-refractivity contribution in [2.24, 2.45) is 5.92 Å². The number of carbonyl (C=O) groups excluding carboxylic acids is 1. The Morgan fingerprint density at radius 3 is 2.50 bits per heavy atom. The zero-order valence-corrected chi connectivity index (χ0v) is 12.9. The van der Waals surface area contributed by atoms with Crippen molar-refractivity contribution in [3.8, 4) is 5.69 Å². The van der Waals surface area contributed by atoms with Gasteiger partial charge in [0, 0.05) is 33.1 Å². The molecule has 0 aliphatic carbocycles. The highest BCUT2D eigenvalue weighted by molar-refractivity contribution is 5.78. The van der Waals surface area contributed by atoms with E-state index in [2.05, 4.69) is 20.4 Å². The van der Waals surface area contributed by atoms with Gasteiger partial charge in [-0.3, -0.25) is 4.79 Å².